The molecule has 0 unspecified atom stereocenters. The molecule has 0 spiro atoms. The van der Waals surface area contributed by atoms with Gasteiger partial charge in [0.1, 0.15) is 0 Å². The smallest absolute Gasteiger partial charge is 0.256 e. The quantitative estimate of drug-likeness (QED) is 0.633. The lowest BCUT2D eigenvalue weighted by atomic mass is 9.96. The summed E-state index contributed by atoms with van der Waals surface area (Å²) in [5.74, 6) is 0.131. The number of phenols is 2. The summed E-state index contributed by atoms with van der Waals surface area (Å²) in [6, 6.07) is 6.54. The van der Waals surface area contributed by atoms with E-state index in [-0.39, 0.29) is 23.2 Å². The van der Waals surface area contributed by atoms with Gasteiger partial charge in [0.25, 0.3) is 5.91 Å². The van der Waals surface area contributed by atoms with Crippen molar-refractivity contribution in [3.8, 4) is 23.0 Å². The number of methoxy groups -OCH3 is 2. The minimum absolute atomic E-state index is 0.0481. The van der Waals surface area contributed by atoms with Gasteiger partial charge < -0.3 is 25.0 Å². The molecule has 1 aliphatic rings. The zero-order valence-corrected chi connectivity index (χ0v) is 12.4. The Morgan fingerprint density at radius 3 is 2.35 bits per heavy atom. The summed E-state index contributed by atoms with van der Waals surface area (Å²) in [5.41, 5.74) is 0.968. The number of carbonyl (C=O) groups excluding carboxylic acids is 1. The molecule has 0 aliphatic carbocycles. The standard InChI is InChI=1S/C17H13NO5/c1-22-11-4-3-7-8(15(11)19)5-10-13-9(17(21)18-10)6-12(23-2)16(20)14(7)13/h3-6,19-20H,1-2H3,(H,18,21). The lowest BCUT2D eigenvalue weighted by Gasteiger charge is -2.13. The van der Waals surface area contributed by atoms with Crippen molar-refractivity contribution < 1.29 is 24.5 Å². The van der Waals surface area contributed by atoms with Gasteiger partial charge in [0.15, 0.2) is 23.0 Å². The van der Waals surface area contributed by atoms with Gasteiger partial charge in [-0.2, -0.15) is 0 Å². The van der Waals surface area contributed by atoms with Crippen molar-refractivity contribution in [3.63, 3.8) is 0 Å². The Bertz CT molecular complexity index is 1010. The van der Waals surface area contributed by atoms with Crippen molar-refractivity contribution in [1.82, 2.24) is 0 Å². The number of hydrogen-bond donors (Lipinski definition) is 3. The van der Waals surface area contributed by atoms with Crippen molar-refractivity contribution in [2.24, 2.45) is 0 Å². The van der Waals surface area contributed by atoms with Crippen LogP contribution in [0.3, 0.4) is 0 Å². The Morgan fingerprint density at radius 1 is 0.913 bits per heavy atom. The van der Waals surface area contributed by atoms with Crippen LogP contribution < -0.4 is 14.8 Å². The van der Waals surface area contributed by atoms with Crippen LogP contribution in [-0.4, -0.2) is 30.3 Å². The van der Waals surface area contributed by atoms with Crippen molar-refractivity contribution in [2.75, 3.05) is 19.5 Å². The topological polar surface area (TPSA) is 88.0 Å². The molecule has 6 heteroatoms. The van der Waals surface area contributed by atoms with Crippen LogP contribution in [0.25, 0.3) is 21.5 Å². The molecule has 116 valence electrons. The number of rotatable bonds is 2. The number of fused-ring (bicyclic) bond motifs is 2. The molecule has 23 heavy (non-hydrogen) atoms. The summed E-state index contributed by atoms with van der Waals surface area (Å²) < 4.78 is 10.3. The average Bonchev–Trinajstić information content (AvgIpc) is 2.86. The Morgan fingerprint density at radius 2 is 1.65 bits per heavy atom. The number of anilines is 1. The van der Waals surface area contributed by atoms with Crippen LogP contribution in [0.2, 0.25) is 0 Å². The number of aromatic hydroxyl groups is 2. The molecule has 1 aliphatic heterocycles. The second kappa shape index (κ2) is 4.42. The van der Waals surface area contributed by atoms with Crippen LogP contribution in [0, 0.1) is 0 Å². The van der Waals surface area contributed by atoms with Gasteiger partial charge in [-0.3, -0.25) is 4.79 Å². The van der Waals surface area contributed by atoms with E-state index in [0.29, 0.717) is 38.5 Å². The van der Waals surface area contributed by atoms with Gasteiger partial charge in [0.05, 0.1) is 25.5 Å². The molecule has 0 fully saturated rings. The van der Waals surface area contributed by atoms with Crippen molar-refractivity contribution in [1.29, 1.82) is 0 Å². The van der Waals surface area contributed by atoms with Crippen molar-refractivity contribution in [3.05, 3.63) is 29.8 Å². The first kappa shape index (κ1) is 13.5. The number of ether oxygens (including phenoxy) is 2. The zero-order valence-electron chi connectivity index (χ0n) is 12.4. The van der Waals surface area contributed by atoms with Gasteiger partial charge in [-0.15, -0.1) is 0 Å². The summed E-state index contributed by atoms with van der Waals surface area (Å²) in [6.07, 6.45) is 0. The number of carbonyl (C=O) groups is 1. The molecule has 4 rings (SSSR count). The highest BCUT2D eigenvalue weighted by Gasteiger charge is 2.28. The van der Waals surface area contributed by atoms with Crippen LogP contribution in [0.1, 0.15) is 10.4 Å². The van der Waals surface area contributed by atoms with E-state index in [1.807, 2.05) is 0 Å². The normalized spacial score (nSPS) is 12.7. The molecule has 0 radical (unpaired) electrons. The largest absolute Gasteiger partial charge is 0.504 e. The summed E-state index contributed by atoms with van der Waals surface area (Å²) in [4.78, 5) is 12.2. The van der Waals surface area contributed by atoms with Crippen LogP contribution in [-0.2, 0) is 0 Å². The summed E-state index contributed by atoms with van der Waals surface area (Å²) in [6.45, 7) is 0. The van der Waals surface area contributed by atoms with Crippen LogP contribution in [0.4, 0.5) is 5.69 Å². The minimum Gasteiger partial charge on any atom is -0.504 e. The van der Waals surface area contributed by atoms with Crippen molar-refractivity contribution in [2.45, 2.75) is 0 Å². The fraction of sp³-hybridized carbons (Fsp3) is 0.118. The minimum atomic E-state index is -0.273. The number of amides is 1. The zero-order chi connectivity index (χ0) is 16.3. The first-order chi connectivity index (χ1) is 11.1. The Kier molecular flexibility index (Phi) is 2.60. The van der Waals surface area contributed by atoms with Gasteiger partial charge in [-0.05, 0) is 29.7 Å². The van der Waals surface area contributed by atoms with Crippen LogP contribution in [0.15, 0.2) is 24.3 Å². The molecule has 1 heterocycles. The summed E-state index contributed by atoms with van der Waals surface area (Å²) >= 11 is 0. The van der Waals surface area contributed by atoms with Crippen molar-refractivity contribution >= 4 is 33.1 Å². The van der Waals surface area contributed by atoms with E-state index in [9.17, 15) is 15.0 Å². The van der Waals surface area contributed by atoms with E-state index in [2.05, 4.69) is 5.32 Å². The van der Waals surface area contributed by atoms with Gasteiger partial charge in [-0.25, -0.2) is 0 Å². The fourth-order valence-electron chi connectivity index (χ4n) is 3.15. The molecule has 3 aromatic rings. The molecule has 6 nitrogen and oxygen atoms in total. The number of phenolic OH excluding ortho intramolecular Hbond substituents is 2. The summed E-state index contributed by atoms with van der Waals surface area (Å²) in [5, 5.41) is 25.8. The second-order valence-electron chi connectivity index (χ2n) is 5.31. The predicted molar refractivity (Wildman–Crippen MR) is 85.8 cm³/mol. The first-order valence-electron chi connectivity index (χ1n) is 6.94. The number of nitrogens with one attached hydrogen (secondary N) is 1. The maximum atomic E-state index is 12.2. The van der Waals surface area contributed by atoms with E-state index >= 15 is 0 Å². The average molecular weight is 311 g/mol. The van der Waals surface area contributed by atoms with Crippen LogP contribution >= 0.6 is 0 Å². The van der Waals surface area contributed by atoms with E-state index in [1.165, 1.54) is 20.3 Å². The molecule has 1 amide bonds. The third kappa shape index (κ3) is 1.60. The predicted octanol–water partition coefficient (Wildman–Crippen LogP) is 2.99. The molecular formula is C17H13NO5. The molecule has 0 bridgehead atoms. The van der Waals surface area contributed by atoms with E-state index in [1.54, 1.807) is 18.2 Å². The van der Waals surface area contributed by atoms with E-state index < -0.39 is 0 Å². The second-order valence-corrected chi connectivity index (χ2v) is 5.31. The highest BCUT2D eigenvalue weighted by molar-refractivity contribution is 6.31. The molecule has 0 aromatic heterocycles. The van der Waals surface area contributed by atoms with Crippen LogP contribution in [0.5, 0.6) is 23.0 Å². The molecule has 3 N–H and O–H groups in total. The third-order valence-corrected chi connectivity index (χ3v) is 4.21. The monoisotopic (exact) mass is 311 g/mol. The Balaban J connectivity index is 2.28. The number of hydrogen-bond acceptors (Lipinski definition) is 5. The van der Waals surface area contributed by atoms with Gasteiger partial charge in [0, 0.05) is 16.2 Å². The number of benzene rings is 3. The fourth-order valence-corrected chi connectivity index (χ4v) is 3.15. The molecule has 3 aromatic carbocycles. The van der Waals surface area contributed by atoms with E-state index in [0.717, 1.165) is 0 Å². The highest BCUT2D eigenvalue weighted by Crippen LogP contribution is 2.49. The summed E-state index contributed by atoms with van der Waals surface area (Å²) in [7, 11) is 2.88. The third-order valence-electron chi connectivity index (χ3n) is 4.21. The first-order valence-corrected chi connectivity index (χ1v) is 6.94. The molecule has 0 saturated carbocycles. The molecule has 0 atom stereocenters. The molecular weight excluding hydrogens is 298 g/mol. The lowest BCUT2D eigenvalue weighted by Crippen LogP contribution is -2.04. The Hall–Kier alpha value is -3.15. The SMILES string of the molecule is COc1ccc2c(cc3c4c(cc(OC)c(O)c42)C(=O)N3)c1O. The van der Waals surface area contributed by atoms with Gasteiger partial charge >= 0.3 is 0 Å². The maximum Gasteiger partial charge on any atom is 0.256 e. The lowest BCUT2D eigenvalue weighted by molar-refractivity contribution is 0.103. The molecule has 0 saturated heterocycles. The Labute approximate surface area is 130 Å². The highest BCUT2D eigenvalue weighted by atomic mass is 16.5. The van der Waals surface area contributed by atoms with Gasteiger partial charge in [0.2, 0.25) is 0 Å². The van der Waals surface area contributed by atoms with E-state index in [4.69, 9.17) is 9.47 Å². The van der Waals surface area contributed by atoms with Gasteiger partial charge in [-0.1, -0.05) is 0 Å². The maximum absolute atomic E-state index is 12.2.